The van der Waals surface area contributed by atoms with Gasteiger partial charge in [-0.3, -0.25) is 19.5 Å². The predicted octanol–water partition coefficient (Wildman–Crippen LogP) is 2.36. The van der Waals surface area contributed by atoms with E-state index in [1.165, 1.54) is 29.1 Å². The zero-order valence-electron chi connectivity index (χ0n) is 15.0. The third-order valence-electron chi connectivity index (χ3n) is 4.25. The van der Waals surface area contributed by atoms with E-state index in [0.29, 0.717) is 11.3 Å². The lowest BCUT2D eigenvalue weighted by Crippen LogP contribution is -2.30. The third-order valence-corrected chi connectivity index (χ3v) is 4.25. The van der Waals surface area contributed by atoms with Gasteiger partial charge in [0.15, 0.2) is 0 Å². The van der Waals surface area contributed by atoms with Crippen LogP contribution in [0.1, 0.15) is 11.1 Å². The number of aromatic nitrogens is 2. The van der Waals surface area contributed by atoms with Gasteiger partial charge in [-0.15, -0.1) is 0 Å². The first kappa shape index (κ1) is 18.5. The first-order chi connectivity index (χ1) is 12.9. The molecular weight excluding hydrogens is 350 g/mol. The number of aliphatic hydroxyl groups excluding tert-OH is 1. The molecule has 0 amide bonds. The summed E-state index contributed by atoms with van der Waals surface area (Å²) in [7, 11) is 0. The Morgan fingerprint density at radius 1 is 1.26 bits per heavy atom. The topological polar surface area (TPSA) is 107 Å². The number of ether oxygens (including phenoxy) is 1. The van der Waals surface area contributed by atoms with E-state index in [2.05, 4.69) is 4.98 Å². The molecule has 0 unspecified atom stereocenters. The Labute approximate surface area is 154 Å². The van der Waals surface area contributed by atoms with Crippen LogP contribution in [0, 0.1) is 24.0 Å². The number of fused-ring (bicyclic) bond motifs is 1. The molecule has 0 aliphatic carbocycles. The van der Waals surface area contributed by atoms with Crippen LogP contribution in [0.2, 0.25) is 0 Å². The highest BCUT2D eigenvalue weighted by Crippen LogP contribution is 2.22. The Morgan fingerprint density at radius 3 is 2.63 bits per heavy atom. The molecule has 1 N–H and O–H groups in total. The predicted molar refractivity (Wildman–Crippen MR) is 100 cm³/mol. The number of non-ortho nitro benzene ring substituents is 1. The van der Waals surface area contributed by atoms with E-state index in [1.54, 1.807) is 0 Å². The van der Waals surface area contributed by atoms with E-state index in [1.807, 2.05) is 32.0 Å². The highest BCUT2D eigenvalue weighted by molar-refractivity contribution is 5.79. The van der Waals surface area contributed by atoms with Crippen molar-refractivity contribution in [2.45, 2.75) is 26.5 Å². The van der Waals surface area contributed by atoms with Gasteiger partial charge in [-0.25, -0.2) is 4.98 Å². The van der Waals surface area contributed by atoms with Crippen molar-refractivity contribution in [3.05, 3.63) is 74.3 Å². The summed E-state index contributed by atoms with van der Waals surface area (Å²) in [6.07, 6.45) is 0.373. The Bertz CT molecular complexity index is 1040. The van der Waals surface area contributed by atoms with Gasteiger partial charge in [-0.2, -0.15) is 0 Å². The molecule has 3 rings (SSSR count). The molecule has 140 valence electrons. The van der Waals surface area contributed by atoms with Crippen LogP contribution in [-0.4, -0.2) is 32.3 Å². The van der Waals surface area contributed by atoms with Gasteiger partial charge in [0.05, 0.1) is 28.7 Å². The zero-order chi connectivity index (χ0) is 19.6. The maximum absolute atomic E-state index is 12.6. The molecule has 27 heavy (non-hydrogen) atoms. The number of nitro groups is 1. The van der Waals surface area contributed by atoms with Gasteiger partial charge in [0.25, 0.3) is 11.2 Å². The fourth-order valence-corrected chi connectivity index (χ4v) is 2.88. The van der Waals surface area contributed by atoms with Crippen molar-refractivity contribution in [3.8, 4) is 5.75 Å². The van der Waals surface area contributed by atoms with E-state index >= 15 is 0 Å². The Morgan fingerprint density at radius 2 is 1.96 bits per heavy atom. The lowest BCUT2D eigenvalue weighted by Gasteiger charge is -2.16. The molecule has 1 aromatic heterocycles. The summed E-state index contributed by atoms with van der Waals surface area (Å²) in [5.74, 6) is 0.705. The van der Waals surface area contributed by atoms with Crippen LogP contribution in [0.5, 0.6) is 5.75 Å². The summed E-state index contributed by atoms with van der Waals surface area (Å²) < 4.78 is 6.93. The number of aryl methyl sites for hydroxylation is 2. The van der Waals surface area contributed by atoms with Crippen LogP contribution < -0.4 is 10.3 Å². The van der Waals surface area contributed by atoms with Crippen LogP contribution in [0.3, 0.4) is 0 Å². The molecule has 0 radical (unpaired) electrons. The highest BCUT2D eigenvalue weighted by atomic mass is 16.6. The molecular formula is C19H19N3O5. The van der Waals surface area contributed by atoms with Gasteiger partial charge in [-0.05, 0) is 31.0 Å². The van der Waals surface area contributed by atoms with Gasteiger partial charge in [-0.1, -0.05) is 18.2 Å². The number of benzene rings is 2. The van der Waals surface area contributed by atoms with Crippen molar-refractivity contribution in [3.63, 3.8) is 0 Å². The quantitative estimate of drug-likeness (QED) is 0.528. The van der Waals surface area contributed by atoms with E-state index < -0.39 is 16.6 Å². The largest absolute Gasteiger partial charge is 0.490 e. The SMILES string of the molecule is Cc1cccc(C)c1OC[C@H](O)Cn1cnc2ccc([N+](=O)[O-])cc2c1=O. The van der Waals surface area contributed by atoms with E-state index in [9.17, 15) is 20.0 Å². The average molecular weight is 369 g/mol. The molecule has 0 fully saturated rings. The maximum Gasteiger partial charge on any atom is 0.270 e. The smallest absolute Gasteiger partial charge is 0.270 e. The summed E-state index contributed by atoms with van der Waals surface area (Å²) in [6, 6.07) is 9.68. The van der Waals surface area contributed by atoms with Crippen molar-refractivity contribution < 1.29 is 14.8 Å². The number of para-hydroxylation sites is 1. The van der Waals surface area contributed by atoms with E-state index in [4.69, 9.17) is 4.74 Å². The molecule has 8 nitrogen and oxygen atoms in total. The summed E-state index contributed by atoms with van der Waals surface area (Å²) >= 11 is 0. The monoisotopic (exact) mass is 369 g/mol. The molecule has 0 aliphatic heterocycles. The third kappa shape index (κ3) is 3.95. The molecule has 2 aromatic carbocycles. The first-order valence-corrected chi connectivity index (χ1v) is 8.37. The molecule has 8 heteroatoms. The van der Waals surface area contributed by atoms with Gasteiger partial charge in [0.1, 0.15) is 18.5 Å². The van der Waals surface area contributed by atoms with Crippen molar-refractivity contribution in [2.24, 2.45) is 0 Å². The number of nitro benzene ring substituents is 1. The number of hydrogen-bond donors (Lipinski definition) is 1. The fraction of sp³-hybridized carbons (Fsp3) is 0.263. The summed E-state index contributed by atoms with van der Waals surface area (Å²) in [6.45, 7) is 3.80. The molecule has 1 heterocycles. The Kier molecular flexibility index (Phi) is 5.18. The van der Waals surface area contributed by atoms with Gasteiger partial charge >= 0.3 is 0 Å². The van der Waals surface area contributed by atoms with E-state index in [-0.39, 0.29) is 24.2 Å². The first-order valence-electron chi connectivity index (χ1n) is 8.37. The number of aliphatic hydroxyl groups is 1. The van der Waals surface area contributed by atoms with Crippen molar-refractivity contribution in [1.29, 1.82) is 0 Å². The molecule has 0 spiro atoms. The zero-order valence-corrected chi connectivity index (χ0v) is 15.0. The van der Waals surface area contributed by atoms with Gasteiger partial charge in [0.2, 0.25) is 0 Å². The lowest BCUT2D eigenvalue weighted by atomic mass is 10.1. The minimum atomic E-state index is -0.945. The molecule has 3 aromatic rings. The minimum absolute atomic E-state index is 0.00507. The van der Waals surface area contributed by atoms with Crippen LogP contribution in [0.25, 0.3) is 10.9 Å². The second-order valence-corrected chi connectivity index (χ2v) is 6.35. The summed E-state index contributed by atoms with van der Waals surface area (Å²) in [5.41, 5.74) is 1.65. The average Bonchev–Trinajstić information content (AvgIpc) is 2.63. The second-order valence-electron chi connectivity index (χ2n) is 6.35. The molecule has 1 atom stereocenters. The highest BCUT2D eigenvalue weighted by Gasteiger charge is 2.14. The Hall–Kier alpha value is -3.26. The lowest BCUT2D eigenvalue weighted by molar-refractivity contribution is -0.384. The van der Waals surface area contributed by atoms with Gasteiger partial charge in [0, 0.05) is 12.1 Å². The normalized spacial score (nSPS) is 12.1. The Balaban J connectivity index is 1.78. The summed E-state index contributed by atoms with van der Waals surface area (Å²) in [4.78, 5) is 27.0. The van der Waals surface area contributed by atoms with Crippen molar-refractivity contribution in [1.82, 2.24) is 9.55 Å². The van der Waals surface area contributed by atoms with Crippen molar-refractivity contribution >= 4 is 16.6 Å². The second kappa shape index (κ2) is 7.55. The number of hydrogen-bond acceptors (Lipinski definition) is 6. The molecule has 0 aliphatic rings. The number of nitrogens with zero attached hydrogens (tertiary/aromatic N) is 3. The van der Waals surface area contributed by atoms with Gasteiger partial charge < -0.3 is 9.84 Å². The fourth-order valence-electron chi connectivity index (χ4n) is 2.88. The summed E-state index contributed by atoms with van der Waals surface area (Å²) in [5, 5.41) is 21.3. The van der Waals surface area contributed by atoms with E-state index in [0.717, 1.165) is 11.1 Å². The molecule has 0 saturated heterocycles. The van der Waals surface area contributed by atoms with Crippen LogP contribution in [-0.2, 0) is 6.54 Å². The molecule has 0 bridgehead atoms. The maximum atomic E-state index is 12.6. The van der Waals surface area contributed by atoms with Crippen LogP contribution in [0.15, 0.2) is 47.5 Å². The van der Waals surface area contributed by atoms with Crippen LogP contribution in [0.4, 0.5) is 5.69 Å². The van der Waals surface area contributed by atoms with Crippen molar-refractivity contribution in [2.75, 3.05) is 6.61 Å². The number of rotatable bonds is 6. The minimum Gasteiger partial charge on any atom is -0.490 e. The van der Waals surface area contributed by atoms with Crippen LogP contribution >= 0.6 is 0 Å². The standard InChI is InChI=1S/C19H19N3O5/c1-12-4-3-5-13(2)18(12)27-10-15(23)9-21-11-20-17-7-6-14(22(25)26)8-16(17)19(21)24/h3-8,11,15,23H,9-10H2,1-2H3/t15-/m1/s1. The molecule has 0 saturated carbocycles.